The van der Waals surface area contributed by atoms with Crippen LogP contribution in [0.15, 0.2) is 29.4 Å². The highest BCUT2D eigenvalue weighted by Gasteiger charge is 2.51. The van der Waals surface area contributed by atoms with Crippen molar-refractivity contribution in [2.45, 2.75) is 5.92 Å². The van der Waals surface area contributed by atoms with E-state index >= 15 is 0 Å². The van der Waals surface area contributed by atoms with Gasteiger partial charge in [0.15, 0.2) is 23.0 Å². The van der Waals surface area contributed by atoms with Crippen molar-refractivity contribution in [2.24, 2.45) is 17.0 Å². The summed E-state index contributed by atoms with van der Waals surface area (Å²) in [4.78, 5) is 12.8. The summed E-state index contributed by atoms with van der Waals surface area (Å²) in [6, 6.07) is 7.27. The molecular formula is C22H21NO8. The van der Waals surface area contributed by atoms with Crippen LogP contribution in [0, 0.1) is 11.8 Å². The Hall–Kier alpha value is -3.62. The topological polar surface area (TPSA) is 105 Å². The number of benzene rings is 2. The molecule has 0 amide bonds. The maximum Gasteiger partial charge on any atom is 0.310 e. The van der Waals surface area contributed by atoms with E-state index in [-0.39, 0.29) is 19.4 Å². The zero-order valence-electron chi connectivity index (χ0n) is 17.2. The SMILES string of the molecule is COc1cc([C@@H]2c3cc4c(cc3/C(=N\O)[C@H]3COC(=O)[C@H]23)OCO4)cc(OC)c1OC. The van der Waals surface area contributed by atoms with Crippen molar-refractivity contribution in [3.63, 3.8) is 0 Å². The minimum atomic E-state index is -0.582. The van der Waals surface area contributed by atoms with E-state index in [1.165, 1.54) is 21.3 Å². The van der Waals surface area contributed by atoms with Gasteiger partial charge in [0.1, 0.15) is 6.61 Å². The van der Waals surface area contributed by atoms with Crippen molar-refractivity contribution in [1.82, 2.24) is 0 Å². The van der Waals surface area contributed by atoms with Gasteiger partial charge in [0, 0.05) is 11.5 Å². The van der Waals surface area contributed by atoms with Gasteiger partial charge in [0.05, 0.1) is 38.9 Å². The molecule has 0 unspecified atom stereocenters. The van der Waals surface area contributed by atoms with Crippen molar-refractivity contribution in [3.05, 3.63) is 41.0 Å². The number of oxime groups is 1. The van der Waals surface area contributed by atoms with Gasteiger partial charge in [-0.2, -0.15) is 0 Å². The number of hydrogen-bond donors (Lipinski definition) is 1. The summed E-state index contributed by atoms with van der Waals surface area (Å²) in [5.74, 6) is 0.782. The van der Waals surface area contributed by atoms with Crippen molar-refractivity contribution in [1.29, 1.82) is 0 Å². The normalized spacial score (nSPS) is 24.4. The zero-order chi connectivity index (χ0) is 21.7. The molecule has 9 nitrogen and oxygen atoms in total. The van der Waals surface area contributed by atoms with Crippen LogP contribution in [0.1, 0.15) is 22.6 Å². The number of nitrogens with zero attached hydrogens (tertiary/aromatic N) is 1. The number of ether oxygens (including phenoxy) is 6. The highest BCUT2D eigenvalue weighted by molar-refractivity contribution is 6.08. The largest absolute Gasteiger partial charge is 0.493 e. The molecule has 2 aromatic rings. The minimum absolute atomic E-state index is 0.105. The number of carbonyl (C=O) groups is 1. The van der Waals surface area contributed by atoms with Crippen LogP contribution >= 0.6 is 0 Å². The molecule has 0 saturated carbocycles. The van der Waals surface area contributed by atoms with Gasteiger partial charge in [0.25, 0.3) is 0 Å². The van der Waals surface area contributed by atoms with Crippen LogP contribution in [-0.2, 0) is 9.53 Å². The van der Waals surface area contributed by atoms with Gasteiger partial charge >= 0.3 is 5.97 Å². The number of rotatable bonds is 4. The predicted molar refractivity (Wildman–Crippen MR) is 107 cm³/mol. The third kappa shape index (κ3) is 2.76. The lowest BCUT2D eigenvalue weighted by molar-refractivity contribution is -0.141. The molecule has 3 atom stereocenters. The third-order valence-electron chi connectivity index (χ3n) is 6.13. The second-order valence-electron chi connectivity index (χ2n) is 7.48. The lowest BCUT2D eigenvalue weighted by Gasteiger charge is -2.34. The molecule has 0 spiro atoms. The van der Waals surface area contributed by atoms with Crippen LogP contribution in [0.2, 0.25) is 0 Å². The van der Waals surface area contributed by atoms with Crippen LogP contribution < -0.4 is 23.7 Å². The number of cyclic esters (lactones) is 1. The number of carbonyl (C=O) groups excluding carboxylic acids is 1. The maximum atomic E-state index is 12.8. The highest BCUT2D eigenvalue weighted by Crippen LogP contribution is 2.52. The monoisotopic (exact) mass is 427 g/mol. The predicted octanol–water partition coefficient (Wildman–Crippen LogP) is 2.55. The summed E-state index contributed by atoms with van der Waals surface area (Å²) in [7, 11) is 4.61. The van der Waals surface area contributed by atoms with Gasteiger partial charge in [-0.1, -0.05) is 5.16 Å². The average molecular weight is 427 g/mol. The molecule has 1 aliphatic carbocycles. The van der Waals surface area contributed by atoms with E-state index < -0.39 is 17.8 Å². The molecule has 2 aliphatic heterocycles. The van der Waals surface area contributed by atoms with Gasteiger partial charge < -0.3 is 33.6 Å². The Morgan fingerprint density at radius 2 is 1.65 bits per heavy atom. The first-order valence-corrected chi connectivity index (χ1v) is 9.73. The fourth-order valence-corrected chi connectivity index (χ4v) is 4.78. The average Bonchev–Trinajstić information content (AvgIpc) is 3.41. The molecule has 0 aromatic heterocycles. The molecule has 1 fully saturated rings. The molecule has 0 radical (unpaired) electrons. The smallest absolute Gasteiger partial charge is 0.310 e. The summed E-state index contributed by atoms with van der Waals surface area (Å²) in [5.41, 5.74) is 2.63. The molecule has 0 bridgehead atoms. The van der Waals surface area contributed by atoms with Crippen LogP contribution in [0.3, 0.4) is 0 Å². The van der Waals surface area contributed by atoms with Gasteiger partial charge in [-0.15, -0.1) is 0 Å². The zero-order valence-corrected chi connectivity index (χ0v) is 17.2. The van der Waals surface area contributed by atoms with Crippen molar-refractivity contribution in [2.75, 3.05) is 34.7 Å². The fourth-order valence-electron chi connectivity index (χ4n) is 4.78. The molecule has 9 heteroatoms. The first kappa shape index (κ1) is 19.3. The van der Waals surface area contributed by atoms with Crippen molar-refractivity contribution in [3.8, 4) is 28.7 Å². The van der Waals surface area contributed by atoms with Gasteiger partial charge in [0.2, 0.25) is 12.5 Å². The van der Waals surface area contributed by atoms with E-state index in [9.17, 15) is 10.0 Å². The number of methoxy groups -OCH3 is 3. The maximum absolute atomic E-state index is 12.8. The van der Waals surface area contributed by atoms with Crippen LogP contribution in [0.25, 0.3) is 0 Å². The lowest BCUT2D eigenvalue weighted by Crippen LogP contribution is -2.36. The first-order valence-electron chi connectivity index (χ1n) is 9.73. The third-order valence-corrected chi connectivity index (χ3v) is 6.13. The van der Waals surface area contributed by atoms with E-state index in [0.717, 1.165) is 11.1 Å². The van der Waals surface area contributed by atoms with Gasteiger partial charge in [-0.25, -0.2) is 0 Å². The van der Waals surface area contributed by atoms with E-state index in [0.29, 0.717) is 40.0 Å². The molecule has 3 aliphatic rings. The molecule has 2 heterocycles. The van der Waals surface area contributed by atoms with E-state index in [2.05, 4.69) is 5.16 Å². The van der Waals surface area contributed by atoms with Crippen LogP contribution in [0.5, 0.6) is 28.7 Å². The summed E-state index contributed by atoms with van der Waals surface area (Å²) >= 11 is 0. The summed E-state index contributed by atoms with van der Waals surface area (Å²) in [6.45, 7) is 0.241. The Morgan fingerprint density at radius 3 is 2.26 bits per heavy atom. The highest BCUT2D eigenvalue weighted by atomic mass is 16.7. The van der Waals surface area contributed by atoms with Crippen LogP contribution in [-0.4, -0.2) is 51.6 Å². The molecular weight excluding hydrogens is 406 g/mol. The Labute approximate surface area is 178 Å². The minimum Gasteiger partial charge on any atom is -0.493 e. The molecule has 31 heavy (non-hydrogen) atoms. The Kier molecular flexibility index (Phi) is 4.53. The number of fused-ring (bicyclic) bond motifs is 3. The van der Waals surface area contributed by atoms with E-state index in [1.807, 2.05) is 18.2 Å². The molecule has 1 saturated heterocycles. The van der Waals surface area contributed by atoms with Crippen molar-refractivity contribution >= 4 is 11.7 Å². The van der Waals surface area contributed by atoms with E-state index in [4.69, 9.17) is 28.4 Å². The summed E-state index contributed by atoms with van der Waals surface area (Å²) in [5, 5.41) is 13.3. The fraction of sp³-hybridized carbons (Fsp3) is 0.364. The Balaban J connectivity index is 1.77. The van der Waals surface area contributed by atoms with Gasteiger partial charge in [-0.3, -0.25) is 4.79 Å². The van der Waals surface area contributed by atoms with Crippen LogP contribution in [0.4, 0.5) is 0 Å². The van der Waals surface area contributed by atoms with Gasteiger partial charge in [-0.05, 0) is 35.4 Å². The Bertz CT molecular complexity index is 1070. The standard InChI is InChI=1S/C22H21NO8/c1-26-16-4-10(5-17(27-2)21(16)28-3)18-11-6-14-15(31-9-30-14)7-12(11)20(23-25)13-8-29-22(24)19(13)18/h4-7,13,18-19,25H,8-9H2,1-3H3/b23-20+/t13-,18+,19-/m0/s1. The van der Waals surface area contributed by atoms with E-state index in [1.54, 1.807) is 6.07 Å². The molecule has 5 rings (SSSR count). The molecule has 2 aromatic carbocycles. The number of esters is 1. The second kappa shape index (κ2) is 7.26. The molecule has 162 valence electrons. The summed E-state index contributed by atoms with van der Waals surface area (Å²) < 4.78 is 33.0. The second-order valence-corrected chi connectivity index (χ2v) is 7.48. The Morgan fingerprint density at radius 1 is 0.968 bits per heavy atom. The lowest BCUT2D eigenvalue weighted by atomic mass is 9.66. The van der Waals surface area contributed by atoms with Crippen molar-refractivity contribution < 1.29 is 38.4 Å². The number of hydrogen-bond acceptors (Lipinski definition) is 9. The quantitative estimate of drug-likeness (QED) is 0.451. The summed E-state index contributed by atoms with van der Waals surface area (Å²) in [6.07, 6.45) is 0. The first-order chi connectivity index (χ1) is 15.1. The molecule has 1 N–H and O–H groups in total.